The molecule has 2 aromatic rings. The number of anilines is 1. The van der Waals surface area contributed by atoms with Crippen molar-refractivity contribution in [3.8, 4) is 0 Å². The van der Waals surface area contributed by atoms with E-state index in [-0.39, 0.29) is 5.78 Å². The van der Waals surface area contributed by atoms with E-state index in [4.69, 9.17) is 17.3 Å². The predicted molar refractivity (Wildman–Crippen MR) is 76.1 cm³/mol. The summed E-state index contributed by atoms with van der Waals surface area (Å²) in [6, 6.07) is 5.27. The van der Waals surface area contributed by atoms with Gasteiger partial charge in [0.2, 0.25) is 5.78 Å². The second-order valence-corrected chi connectivity index (χ2v) is 5.83. The maximum atomic E-state index is 12.3. The van der Waals surface area contributed by atoms with E-state index in [0.717, 1.165) is 10.0 Å². The molecule has 0 bridgehead atoms. The number of ketones is 1. The third-order valence-electron chi connectivity index (χ3n) is 2.48. The van der Waals surface area contributed by atoms with Crippen LogP contribution in [-0.2, 0) is 0 Å². The predicted octanol–water partition coefficient (Wildman–Crippen LogP) is 4.29. The molecule has 0 spiro atoms. The van der Waals surface area contributed by atoms with Crippen LogP contribution in [0.4, 0.5) is 5.69 Å². The lowest BCUT2D eigenvalue weighted by molar-refractivity contribution is 0.104. The van der Waals surface area contributed by atoms with Crippen LogP contribution in [0.2, 0.25) is 5.02 Å². The van der Waals surface area contributed by atoms with Crippen LogP contribution in [0.3, 0.4) is 0 Å². The van der Waals surface area contributed by atoms with E-state index in [9.17, 15) is 4.79 Å². The van der Waals surface area contributed by atoms with E-state index in [2.05, 4.69) is 15.9 Å². The molecule has 2 nitrogen and oxygen atoms in total. The SMILES string of the molecule is Cc1c(N)cc(Br)cc1C(=O)c1sccc1Cl. The molecule has 0 saturated carbocycles. The zero-order valence-electron chi connectivity index (χ0n) is 8.96. The van der Waals surface area contributed by atoms with Crippen molar-refractivity contribution >= 4 is 50.3 Å². The van der Waals surface area contributed by atoms with Gasteiger partial charge in [-0.3, -0.25) is 4.79 Å². The Hall–Kier alpha value is -0.840. The van der Waals surface area contributed by atoms with Gasteiger partial charge in [0.1, 0.15) is 0 Å². The largest absolute Gasteiger partial charge is 0.398 e. The summed E-state index contributed by atoms with van der Waals surface area (Å²) >= 11 is 10.6. The van der Waals surface area contributed by atoms with Crippen molar-refractivity contribution in [2.75, 3.05) is 5.73 Å². The molecule has 1 aromatic heterocycles. The van der Waals surface area contributed by atoms with E-state index in [0.29, 0.717) is 21.2 Å². The summed E-state index contributed by atoms with van der Waals surface area (Å²) in [6.07, 6.45) is 0. The maximum absolute atomic E-state index is 12.3. The number of hydrogen-bond donors (Lipinski definition) is 1. The normalized spacial score (nSPS) is 10.5. The minimum absolute atomic E-state index is 0.0875. The first-order valence-electron chi connectivity index (χ1n) is 4.84. The molecular formula is C12H9BrClNOS. The van der Waals surface area contributed by atoms with Gasteiger partial charge in [0.25, 0.3) is 0 Å². The lowest BCUT2D eigenvalue weighted by Gasteiger charge is -2.08. The number of thiophene rings is 1. The van der Waals surface area contributed by atoms with Crippen LogP contribution in [0, 0.1) is 6.92 Å². The Morgan fingerprint density at radius 2 is 2.18 bits per heavy atom. The molecule has 0 fully saturated rings. The number of hydrogen-bond acceptors (Lipinski definition) is 3. The molecule has 0 aliphatic carbocycles. The number of carbonyl (C=O) groups excluding carboxylic acids is 1. The molecule has 0 saturated heterocycles. The van der Waals surface area contributed by atoms with Crippen molar-refractivity contribution in [1.82, 2.24) is 0 Å². The van der Waals surface area contributed by atoms with Gasteiger partial charge < -0.3 is 5.73 Å². The molecule has 5 heteroatoms. The third-order valence-corrected chi connectivity index (χ3v) is 4.28. The van der Waals surface area contributed by atoms with Gasteiger partial charge in [0.05, 0.1) is 9.90 Å². The number of nitrogen functional groups attached to an aromatic ring is 1. The van der Waals surface area contributed by atoms with Crippen molar-refractivity contribution in [1.29, 1.82) is 0 Å². The molecule has 0 aliphatic rings. The van der Waals surface area contributed by atoms with E-state index in [1.807, 2.05) is 6.92 Å². The van der Waals surface area contributed by atoms with Crippen LogP contribution in [0.5, 0.6) is 0 Å². The van der Waals surface area contributed by atoms with Crippen LogP contribution in [0.15, 0.2) is 28.1 Å². The monoisotopic (exact) mass is 329 g/mol. The van der Waals surface area contributed by atoms with Gasteiger partial charge in [0.15, 0.2) is 0 Å². The fraction of sp³-hybridized carbons (Fsp3) is 0.0833. The van der Waals surface area contributed by atoms with Gasteiger partial charge >= 0.3 is 0 Å². The molecule has 0 aliphatic heterocycles. The Kier molecular flexibility index (Phi) is 3.56. The Bertz CT molecular complexity index is 594. The molecule has 0 radical (unpaired) electrons. The Balaban J connectivity index is 2.55. The Labute approximate surface area is 117 Å². The molecule has 2 N–H and O–H groups in total. The van der Waals surface area contributed by atoms with Crippen LogP contribution in [-0.4, -0.2) is 5.78 Å². The van der Waals surface area contributed by atoms with Gasteiger partial charge in [-0.25, -0.2) is 0 Å². The Morgan fingerprint density at radius 3 is 2.76 bits per heavy atom. The fourth-order valence-corrected chi connectivity index (χ4v) is 3.08. The van der Waals surface area contributed by atoms with Gasteiger partial charge in [0, 0.05) is 15.7 Å². The molecule has 1 heterocycles. The minimum Gasteiger partial charge on any atom is -0.398 e. The van der Waals surface area contributed by atoms with Gasteiger partial charge in [-0.2, -0.15) is 0 Å². The topological polar surface area (TPSA) is 43.1 Å². The fourth-order valence-electron chi connectivity index (χ4n) is 1.51. The smallest absolute Gasteiger partial charge is 0.204 e. The molecule has 2 rings (SSSR count). The van der Waals surface area contributed by atoms with Crippen molar-refractivity contribution in [3.05, 3.63) is 49.1 Å². The second kappa shape index (κ2) is 4.80. The van der Waals surface area contributed by atoms with Gasteiger partial charge in [-0.05, 0) is 36.1 Å². The van der Waals surface area contributed by atoms with E-state index < -0.39 is 0 Å². The number of rotatable bonds is 2. The van der Waals surface area contributed by atoms with Crippen LogP contribution in [0.1, 0.15) is 20.8 Å². The molecular weight excluding hydrogens is 322 g/mol. The summed E-state index contributed by atoms with van der Waals surface area (Å²) in [6.45, 7) is 1.83. The summed E-state index contributed by atoms with van der Waals surface area (Å²) in [4.78, 5) is 12.9. The highest BCUT2D eigenvalue weighted by molar-refractivity contribution is 9.10. The molecule has 0 unspecified atom stereocenters. The van der Waals surface area contributed by atoms with Gasteiger partial charge in [-0.15, -0.1) is 11.3 Å². The number of carbonyl (C=O) groups is 1. The van der Waals surface area contributed by atoms with E-state index in [1.54, 1.807) is 23.6 Å². The van der Waals surface area contributed by atoms with Crippen molar-refractivity contribution < 1.29 is 4.79 Å². The zero-order chi connectivity index (χ0) is 12.6. The zero-order valence-corrected chi connectivity index (χ0v) is 12.1. The first-order valence-corrected chi connectivity index (χ1v) is 6.89. The average molecular weight is 331 g/mol. The van der Waals surface area contributed by atoms with Crippen LogP contribution < -0.4 is 5.73 Å². The summed E-state index contributed by atoms with van der Waals surface area (Å²) in [5.74, 6) is -0.0875. The van der Waals surface area contributed by atoms with Crippen LogP contribution in [0.25, 0.3) is 0 Å². The van der Waals surface area contributed by atoms with Crippen molar-refractivity contribution in [3.63, 3.8) is 0 Å². The first-order chi connectivity index (χ1) is 8.00. The lowest BCUT2D eigenvalue weighted by Crippen LogP contribution is -2.04. The second-order valence-electron chi connectivity index (χ2n) is 3.59. The first kappa shape index (κ1) is 12.6. The molecule has 88 valence electrons. The summed E-state index contributed by atoms with van der Waals surface area (Å²) in [5.41, 5.74) is 7.80. The summed E-state index contributed by atoms with van der Waals surface area (Å²) < 4.78 is 0.789. The summed E-state index contributed by atoms with van der Waals surface area (Å²) in [5, 5.41) is 2.28. The number of halogens is 2. The molecule has 1 aromatic carbocycles. The highest BCUT2D eigenvalue weighted by Gasteiger charge is 2.18. The average Bonchev–Trinajstić information content (AvgIpc) is 2.69. The third kappa shape index (κ3) is 2.39. The molecule has 17 heavy (non-hydrogen) atoms. The number of nitrogens with two attached hydrogens (primary N) is 1. The van der Waals surface area contributed by atoms with Gasteiger partial charge in [-0.1, -0.05) is 27.5 Å². The molecule has 0 amide bonds. The number of benzene rings is 1. The summed E-state index contributed by atoms with van der Waals surface area (Å²) in [7, 11) is 0. The minimum atomic E-state index is -0.0875. The highest BCUT2D eigenvalue weighted by Crippen LogP contribution is 2.29. The quantitative estimate of drug-likeness (QED) is 0.659. The van der Waals surface area contributed by atoms with E-state index >= 15 is 0 Å². The highest BCUT2D eigenvalue weighted by atomic mass is 79.9. The lowest BCUT2D eigenvalue weighted by atomic mass is 10.0. The van der Waals surface area contributed by atoms with Crippen molar-refractivity contribution in [2.24, 2.45) is 0 Å². The van der Waals surface area contributed by atoms with Crippen LogP contribution >= 0.6 is 38.9 Å². The maximum Gasteiger partial charge on any atom is 0.204 e. The standard InChI is InChI=1S/C12H9BrClNOS/c1-6-8(4-7(13)5-10(6)15)11(16)12-9(14)2-3-17-12/h2-5H,15H2,1H3. The Morgan fingerprint density at radius 1 is 1.47 bits per heavy atom. The molecule has 0 atom stereocenters. The van der Waals surface area contributed by atoms with E-state index in [1.165, 1.54) is 11.3 Å². The van der Waals surface area contributed by atoms with Crippen molar-refractivity contribution in [2.45, 2.75) is 6.92 Å².